The number of hydrogen-bond donors (Lipinski definition) is 0. The average Bonchev–Trinajstić information content (AvgIpc) is 2.31. The van der Waals surface area contributed by atoms with Gasteiger partial charge in [-0.05, 0) is 18.2 Å². The van der Waals surface area contributed by atoms with Crippen molar-refractivity contribution in [3.8, 4) is 0 Å². The summed E-state index contributed by atoms with van der Waals surface area (Å²) in [6.45, 7) is 2.11. The van der Waals surface area contributed by atoms with E-state index in [0.29, 0.717) is 0 Å². The van der Waals surface area contributed by atoms with Crippen LogP contribution in [0.3, 0.4) is 0 Å². The predicted molar refractivity (Wildman–Crippen MR) is 52.7 cm³/mol. The van der Waals surface area contributed by atoms with Crippen LogP contribution in [-0.4, -0.2) is 0 Å². The molecule has 2 aromatic rings. The van der Waals surface area contributed by atoms with Crippen LogP contribution < -0.4 is 3.96 Å². The van der Waals surface area contributed by atoms with Gasteiger partial charge in [0.25, 0.3) is 0 Å². The Bertz CT molecular complexity index is 433. The van der Waals surface area contributed by atoms with E-state index in [1.54, 1.807) is 11.5 Å². The van der Waals surface area contributed by atoms with Gasteiger partial charge >= 0.3 is 0 Å². The van der Waals surface area contributed by atoms with Crippen LogP contribution in [-0.2, 0) is 7.05 Å². The number of halogens is 1. The van der Waals surface area contributed by atoms with Gasteiger partial charge in [0, 0.05) is 11.9 Å². The van der Waals surface area contributed by atoms with Crippen molar-refractivity contribution in [2.75, 3.05) is 0 Å². The van der Waals surface area contributed by atoms with Crippen LogP contribution >= 0.6 is 23.1 Å². The molecule has 3 heteroatoms. The Labute approximate surface area is 80.4 Å². The first-order chi connectivity index (χ1) is 5.68. The Balaban J connectivity index is 2.88. The normalized spacial score (nSPS) is 10.9. The zero-order chi connectivity index (χ0) is 8.72. The van der Waals surface area contributed by atoms with E-state index in [0.717, 1.165) is 5.02 Å². The Morgan fingerprint density at radius 3 is 2.92 bits per heavy atom. The fourth-order valence-corrected chi connectivity index (χ4v) is 2.39. The molecule has 1 aromatic heterocycles. The van der Waals surface area contributed by atoms with Crippen molar-refractivity contribution >= 4 is 33.2 Å². The highest BCUT2D eigenvalue weighted by atomic mass is 35.5. The second-order valence-corrected chi connectivity index (χ2v) is 4.42. The summed E-state index contributed by atoms with van der Waals surface area (Å²) in [5, 5.41) is 2.07. The van der Waals surface area contributed by atoms with Gasteiger partial charge in [-0.3, -0.25) is 0 Å². The van der Waals surface area contributed by atoms with Crippen molar-refractivity contribution in [3.63, 3.8) is 0 Å². The molecule has 0 N–H and O–H groups in total. The van der Waals surface area contributed by atoms with Crippen molar-refractivity contribution in [2.24, 2.45) is 7.05 Å². The largest absolute Gasteiger partial charge is 0.200 e. The molecule has 0 aliphatic carbocycles. The minimum Gasteiger partial charge on any atom is -0.140 e. The molecular formula is C9H9ClNS+. The van der Waals surface area contributed by atoms with Gasteiger partial charge in [0.2, 0.25) is 5.69 Å². The van der Waals surface area contributed by atoms with Gasteiger partial charge in [0.05, 0.1) is 5.39 Å². The van der Waals surface area contributed by atoms with Crippen LogP contribution in [0.1, 0.15) is 5.69 Å². The van der Waals surface area contributed by atoms with E-state index in [1.165, 1.54) is 15.8 Å². The van der Waals surface area contributed by atoms with Crippen LogP contribution in [0.2, 0.25) is 5.02 Å². The van der Waals surface area contributed by atoms with Crippen LogP contribution in [0.15, 0.2) is 18.2 Å². The number of aromatic nitrogens is 1. The van der Waals surface area contributed by atoms with E-state index in [9.17, 15) is 0 Å². The van der Waals surface area contributed by atoms with E-state index >= 15 is 0 Å². The van der Waals surface area contributed by atoms with E-state index < -0.39 is 0 Å². The third-order valence-corrected chi connectivity index (χ3v) is 3.37. The molecule has 0 spiro atoms. The summed E-state index contributed by atoms with van der Waals surface area (Å²) >= 11 is 7.64. The lowest BCUT2D eigenvalue weighted by molar-refractivity contribution is -0.606. The smallest absolute Gasteiger partial charge is 0.140 e. The maximum Gasteiger partial charge on any atom is 0.200 e. The maximum absolute atomic E-state index is 5.90. The highest BCUT2D eigenvalue weighted by Crippen LogP contribution is 2.23. The lowest BCUT2D eigenvalue weighted by Crippen LogP contribution is -2.24. The summed E-state index contributed by atoms with van der Waals surface area (Å²) in [6, 6.07) is 6.01. The minimum absolute atomic E-state index is 0.809. The Morgan fingerprint density at radius 1 is 1.42 bits per heavy atom. The Kier molecular flexibility index (Phi) is 1.81. The Morgan fingerprint density at radius 2 is 2.17 bits per heavy atom. The second kappa shape index (κ2) is 2.71. The van der Waals surface area contributed by atoms with Crippen molar-refractivity contribution in [3.05, 3.63) is 28.9 Å². The lowest BCUT2D eigenvalue weighted by atomic mass is 10.2. The van der Waals surface area contributed by atoms with E-state index in [4.69, 9.17) is 11.6 Å². The Hall–Kier alpha value is -0.600. The topological polar surface area (TPSA) is 3.88 Å². The van der Waals surface area contributed by atoms with Crippen molar-refractivity contribution < 1.29 is 3.96 Å². The van der Waals surface area contributed by atoms with Gasteiger partial charge in [-0.1, -0.05) is 11.6 Å². The molecule has 0 aliphatic heterocycles. The molecule has 2 rings (SSSR count). The van der Waals surface area contributed by atoms with Crippen LogP contribution in [0.25, 0.3) is 10.1 Å². The molecule has 0 aliphatic rings. The molecule has 1 nitrogen and oxygen atoms in total. The van der Waals surface area contributed by atoms with Gasteiger partial charge < -0.3 is 0 Å². The standard InChI is InChI=1S/C9H9ClNS/c1-6-8-5-7(10)3-4-9(8)12-11(6)2/h3-5H,1-2H3/q+1. The number of hydrogen-bond acceptors (Lipinski definition) is 1. The molecule has 0 radical (unpaired) electrons. The second-order valence-electron chi connectivity index (χ2n) is 2.81. The number of rotatable bonds is 0. The van der Waals surface area contributed by atoms with Gasteiger partial charge in [-0.2, -0.15) is 0 Å². The van der Waals surface area contributed by atoms with Crippen molar-refractivity contribution in [2.45, 2.75) is 6.92 Å². The lowest BCUT2D eigenvalue weighted by Gasteiger charge is -1.86. The van der Waals surface area contributed by atoms with Crippen LogP contribution in [0.4, 0.5) is 0 Å². The zero-order valence-corrected chi connectivity index (χ0v) is 8.54. The molecule has 0 unspecified atom stereocenters. The number of aryl methyl sites for hydroxylation is 2. The number of benzene rings is 1. The maximum atomic E-state index is 5.90. The summed E-state index contributed by atoms with van der Waals surface area (Å²) < 4.78 is 3.44. The van der Waals surface area contributed by atoms with E-state index in [2.05, 4.69) is 24.0 Å². The van der Waals surface area contributed by atoms with Crippen molar-refractivity contribution in [1.82, 2.24) is 0 Å². The van der Waals surface area contributed by atoms with Gasteiger partial charge in [0.15, 0.2) is 7.05 Å². The summed E-state index contributed by atoms with van der Waals surface area (Å²) in [5.74, 6) is 0. The summed E-state index contributed by atoms with van der Waals surface area (Å²) in [6.07, 6.45) is 0. The SMILES string of the molecule is Cc1c2cc(Cl)ccc2s[n+]1C. The van der Waals surface area contributed by atoms with Crippen LogP contribution in [0.5, 0.6) is 0 Å². The molecule has 0 amide bonds. The minimum atomic E-state index is 0.809. The highest BCUT2D eigenvalue weighted by molar-refractivity contribution is 7.09. The van der Waals surface area contributed by atoms with Crippen LogP contribution in [0, 0.1) is 6.92 Å². The van der Waals surface area contributed by atoms with Gasteiger partial charge in [-0.15, -0.1) is 3.96 Å². The molecule has 1 aromatic carbocycles. The zero-order valence-electron chi connectivity index (χ0n) is 6.97. The quantitative estimate of drug-likeness (QED) is 0.574. The molecule has 0 bridgehead atoms. The number of fused-ring (bicyclic) bond motifs is 1. The predicted octanol–water partition coefficient (Wildman–Crippen LogP) is 2.69. The van der Waals surface area contributed by atoms with Gasteiger partial charge in [-0.25, -0.2) is 0 Å². The summed E-state index contributed by atoms with van der Waals surface area (Å²) in [7, 11) is 2.06. The molecule has 1 heterocycles. The first kappa shape index (κ1) is 8.02. The summed E-state index contributed by atoms with van der Waals surface area (Å²) in [4.78, 5) is 0. The molecule has 62 valence electrons. The average molecular weight is 199 g/mol. The first-order valence-corrected chi connectivity index (χ1v) is 4.89. The fourth-order valence-electron chi connectivity index (χ4n) is 1.25. The first-order valence-electron chi connectivity index (χ1n) is 3.73. The molecular weight excluding hydrogens is 190 g/mol. The molecule has 0 saturated heterocycles. The molecule has 0 atom stereocenters. The van der Waals surface area contributed by atoms with Crippen molar-refractivity contribution in [1.29, 1.82) is 0 Å². The molecule has 0 fully saturated rings. The van der Waals surface area contributed by atoms with E-state index in [1.807, 2.05) is 12.1 Å². The van der Waals surface area contributed by atoms with Gasteiger partial charge in [0.1, 0.15) is 16.2 Å². The molecule has 0 saturated carbocycles. The van der Waals surface area contributed by atoms with E-state index in [-0.39, 0.29) is 0 Å². The number of nitrogens with zero attached hydrogens (tertiary/aromatic N) is 1. The fraction of sp³-hybridized carbons (Fsp3) is 0.222. The molecule has 12 heavy (non-hydrogen) atoms. The highest BCUT2D eigenvalue weighted by Gasteiger charge is 2.11. The third-order valence-electron chi connectivity index (χ3n) is 2.04. The third kappa shape index (κ3) is 1.11. The summed E-state index contributed by atoms with van der Waals surface area (Å²) in [5.41, 5.74) is 1.28. The monoisotopic (exact) mass is 198 g/mol.